The Labute approximate surface area is 88.1 Å². The zero-order valence-corrected chi connectivity index (χ0v) is 8.50. The fraction of sp³-hybridized carbons (Fsp3) is 0.364. The van der Waals surface area contributed by atoms with Gasteiger partial charge in [0.1, 0.15) is 6.29 Å². The molecule has 4 heteroatoms. The van der Waals surface area contributed by atoms with Crippen LogP contribution in [0.15, 0.2) is 30.3 Å². The lowest BCUT2D eigenvalue weighted by Crippen LogP contribution is -2.24. The number of aldehydes is 1. The summed E-state index contributed by atoms with van der Waals surface area (Å²) in [7, 11) is 0. The van der Waals surface area contributed by atoms with E-state index in [2.05, 4.69) is 0 Å². The Morgan fingerprint density at radius 1 is 1.40 bits per heavy atom. The van der Waals surface area contributed by atoms with Crippen molar-refractivity contribution in [3.8, 4) is 0 Å². The van der Waals surface area contributed by atoms with Crippen LogP contribution in [0.2, 0.25) is 0 Å². The molecule has 0 N–H and O–H groups in total. The largest absolute Gasteiger partial charge is 0.303 e. The number of carbonyl (C=O) groups excluding carboxylic acids is 1. The highest BCUT2D eigenvalue weighted by Gasteiger charge is 2.27. The van der Waals surface area contributed by atoms with Gasteiger partial charge in [0.2, 0.25) is 6.04 Å². The van der Waals surface area contributed by atoms with E-state index in [-0.39, 0.29) is 17.3 Å². The molecule has 80 valence electrons. The zero-order valence-electron chi connectivity index (χ0n) is 8.50. The van der Waals surface area contributed by atoms with Gasteiger partial charge in [-0.25, -0.2) is 0 Å². The SMILES string of the molecule is C[C@H]([C@H](CC=O)c1ccccc1)[N+](=O)[O-]. The standard InChI is InChI=1S/C11H13NO3/c1-9(12(14)15)11(7-8-13)10-5-3-2-4-6-10/h2-6,8-9,11H,7H2,1H3/t9-,11+/m1/s1. The molecule has 0 unspecified atom stereocenters. The van der Waals surface area contributed by atoms with Gasteiger partial charge in [0.05, 0.1) is 5.92 Å². The van der Waals surface area contributed by atoms with Crippen molar-refractivity contribution in [2.75, 3.05) is 0 Å². The van der Waals surface area contributed by atoms with Gasteiger partial charge in [0.25, 0.3) is 0 Å². The van der Waals surface area contributed by atoms with Crippen LogP contribution in [0.5, 0.6) is 0 Å². The van der Waals surface area contributed by atoms with Gasteiger partial charge < -0.3 is 4.79 Å². The van der Waals surface area contributed by atoms with Gasteiger partial charge in [-0.05, 0) is 5.56 Å². The monoisotopic (exact) mass is 207 g/mol. The van der Waals surface area contributed by atoms with Gasteiger partial charge in [-0.1, -0.05) is 30.3 Å². The third-order valence-corrected chi connectivity index (χ3v) is 2.49. The van der Waals surface area contributed by atoms with E-state index in [1.165, 1.54) is 6.92 Å². The summed E-state index contributed by atoms with van der Waals surface area (Å²) in [5, 5.41) is 10.7. The summed E-state index contributed by atoms with van der Waals surface area (Å²) in [6.07, 6.45) is 0.920. The molecule has 0 radical (unpaired) electrons. The molecular formula is C11H13NO3. The smallest absolute Gasteiger partial charge is 0.217 e. The van der Waals surface area contributed by atoms with Crippen molar-refractivity contribution in [1.82, 2.24) is 0 Å². The van der Waals surface area contributed by atoms with Crippen molar-refractivity contribution in [2.24, 2.45) is 0 Å². The molecule has 1 rings (SSSR count). The molecule has 0 spiro atoms. The van der Waals surface area contributed by atoms with Gasteiger partial charge in [0.15, 0.2) is 0 Å². The summed E-state index contributed by atoms with van der Waals surface area (Å²) in [5.41, 5.74) is 0.841. The minimum atomic E-state index is -0.738. The highest BCUT2D eigenvalue weighted by atomic mass is 16.6. The van der Waals surface area contributed by atoms with Crippen molar-refractivity contribution >= 4 is 6.29 Å². The molecule has 2 atom stereocenters. The summed E-state index contributed by atoms with van der Waals surface area (Å²) in [6.45, 7) is 1.53. The average Bonchev–Trinajstić information content (AvgIpc) is 2.26. The molecule has 0 saturated carbocycles. The van der Waals surface area contributed by atoms with E-state index >= 15 is 0 Å². The molecule has 15 heavy (non-hydrogen) atoms. The summed E-state index contributed by atoms with van der Waals surface area (Å²) < 4.78 is 0. The van der Waals surface area contributed by atoms with Crippen LogP contribution in [0.4, 0.5) is 0 Å². The van der Waals surface area contributed by atoms with Gasteiger partial charge in [-0.15, -0.1) is 0 Å². The summed E-state index contributed by atoms with van der Waals surface area (Å²) in [5.74, 6) is -0.335. The van der Waals surface area contributed by atoms with Crippen LogP contribution in [0.3, 0.4) is 0 Å². The Balaban J connectivity index is 2.92. The molecule has 0 aromatic heterocycles. The first-order valence-corrected chi connectivity index (χ1v) is 4.79. The first kappa shape index (κ1) is 11.4. The van der Waals surface area contributed by atoms with Crippen LogP contribution in [0.1, 0.15) is 24.8 Å². The number of nitrogens with zero attached hydrogens (tertiary/aromatic N) is 1. The van der Waals surface area contributed by atoms with E-state index < -0.39 is 6.04 Å². The van der Waals surface area contributed by atoms with Crippen LogP contribution in [0, 0.1) is 10.1 Å². The first-order chi connectivity index (χ1) is 7.16. The molecule has 1 aromatic rings. The van der Waals surface area contributed by atoms with Crippen LogP contribution >= 0.6 is 0 Å². The lowest BCUT2D eigenvalue weighted by atomic mass is 9.90. The van der Waals surface area contributed by atoms with E-state index in [1.54, 1.807) is 0 Å². The van der Waals surface area contributed by atoms with Gasteiger partial charge in [-0.3, -0.25) is 10.1 Å². The molecule has 0 bridgehead atoms. The fourth-order valence-corrected chi connectivity index (χ4v) is 1.56. The fourth-order valence-electron chi connectivity index (χ4n) is 1.56. The van der Waals surface area contributed by atoms with E-state index in [0.717, 1.165) is 11.8 Å². The van der Waals surface area contributed by atoms with E-state index in [4.69, 9.17) is 0 Å². The Morgan fingerprint density at radius 3 is 2.47 bits per heavy atom. The second-order valence-corrected chi connectivity index (χ2v) is 3.45. The van der Waals surface area contributed by atoms with Crippen molar-refractivity contribution in [3.05, 3.63) is 46.0 Å². The highest BCUT2D eigenvalue weighted by molar-refractivity contribution is 5.52. The van der Waals surface area contributed by atoms with Crippen molar-refractivity contribution in [1.29, 1.82) is 0 Å². The summed E-state index contributed by atoms with van der Waals surface area (Å²) in [6, 6.07) is 8.37. The second kappa shape index (κ2) is 5.24. The number of nitro groups is 1. The Kier molecular flexibility index (Phi) is 3.97. The van der Waals surface area contributed by atoms with Gasteiger partial charge in [-0.2, -0.15) is 0 Å². The summed E-state index contributed by atoms with van der Waals surface area (Å²) >= 11 is 0. The maximum Gasteiger partial charge on any atom is 0.217 e. The van der Waals surface area contributed by atoms with E-state index in [1.807, 2.05) is 30.3 Å². The molecule has 0 aliphatic carbocycles. The van der Waals surface area contributed by atoms with E-state index in [0.29, 0.717) is 0 Å². The third kappa shape index (κ3) is 2.87. The van der Waals surface area contributed by atoms with Gasteiger partial charge in [0, 0.05) is 18.3 Å². The predicted octanol–water partition coefficient (Wildman–Crippen LogP) is 2.02. The van der Waals surface area contributed by atoms with E-state index in [9.17, 15) is 14.9 Å². The minimum absolute atomic E-state index is 0.187. The zero-order chi connectivity index (χ0) is 11.3. The maximum absolute atomic E-state index is 10.7. The quantitative estimate of drug-likeness (QED) is 0.421. The molecule has 0 amide bonds. The third-order valence-electron chi connectivity index (χ3n) is 2.49. The van der Waals surface area contributed by atoms with Gasteiger partial charge >= 0.3 is 0 Å². The molecule has 0 aliphatic rings. The topological polar surface area (TPSA) is 60.2 Å². The molecule has 0 aliphatic heterocycles. The summed E-state index contributed by atoms with van der Waals surface area (Å²) in [4.78, 5) is 20.8. The Hall–Kier alpha value is -1.71. The first-order valence-electron chi connectivity index (χ1n) is 4.79. The molecular weight excluding hydrogens is 194 g/mol. The van der Waals surface area contributed by atoms with Crippen molar-refractivity contribution < 1.29 is 9.72 Å². The lowest BCUT2D eigenvalue weighted by Gasteiger charge is -2.15. The number of rotatable bonds is 5. The number of carbonyl (C=O) groups is 1. The van der Waals surface area contributed by atoms with Crippen LogP contribution in [0.25, 0.3) is 0 Å². The number of benzene rings is 1. The average molecular weight is 207 g/mol. The van der Waals surface area contributed by atoms with Crippen molar-refractivity contribution in [3.63, 3.8) is 0 Å². The Bertz CT molecular complexity index is 337. The van der Waals surface area contributed by atoms with Crippen LogP contribution in [-0.4, -0.2) is 17.3 Å². The lowest BCUT2D eigenvalue weighted by molar-refractivity contribution is -0.522. The highest BCUT2D eigenvalue weighted by Crippen LogP contribution is 2.23. The Morgan fingerprint density at radius 2 is 2.00 bits per heavy atom. The molecule has 0 saturated heterocycles. The number of hydrogen-bond acceptors (Lipinski definition) is 3. The van der Waals surface area contributed by atoms with Crippen molar-refractivity contribution in [2.45, 2.75) is 25.3 Å². The van der Waals surface area contributed by atoms with Crippen LogP contribution < -0.4 is 0 Å². The molecule has 1 aromatic carbocycles. The molecule has 0 heterocycles. The second-order valence-electron chi connectivity index (χ2n) is 3.45. The molecule has 4 nitrogen and oxygen atoms in total. The maximum atomic E-state index is 10.7. The number of hydrogen-bond donors (Lipinski definition) is 0. The normalized spacial score (nSPS) is 14.2. The predicted molar refractivity (Wildman–Crippen MR) is 56.3 cm³/mol. The molecule has 0 fully saturated rings. The van der Waals surface area contributed by atoms with Crippen LogP contribution in [-0.2, 0) is 4.79 Å². The minimum Gasteiger partial charge on any atom is -0.303 e.